The van der Waals surface area contributed by atoms with Crippen molar-refractivity contribution < 1.29 is 13.3 Å². The summed E-state index contributed by atoms with van der Waals surface area (Å²) in [4.78, 5) is 21.6. The number of nitro groups is 1. The van der Waals surface area contributed by atoms with Gasteiger partial charge in [0.05, 0.1) is 21.8 Å². The van der Waals surface area contributed by atoms with E-state index in [9.17, 15) is 23.3 Å². The molecule has 0 aliphatic carbocycles. The van der Waals surface area contributed by atoms with Crippen LogP contribution in [0, 0.1) is 17.0 Å². The highest BCUT2D eigenvalue weighted by atomic mass is 32.2. The Morgan fingerprint density at radius 2 is 2.00 bits per heavy atom. The van der Waals surface area contributed by atoms with Gasteiger partial charge in [-0.2, -0.15) is 0 Å². The molecule has 0 aliphatic rings. The first-order valence-electron chi connectivity index (χ1n) is 6.93. The average Bonchev–Trinajstić information content (AvgIpc) is 2.48. The van der Waals surface area contributed by atoms with Crippen molar-refractivity contribution in [3.63, 3.8) is 0 Å². The number of aromatic nitrogens is 1. The van der Waals surface area contributed by atoms with Gasteiger partial charge in [-0.15, -0.1) is 0 Å². The molecule has 0 atom stereocenters. The number of rotatable bonds is 6. The Morgan fingerprint density at radius 1 is 1.26 bits per heavy atom. The van der Waals surface area contributed by atoms with Crippen LogP contribution in [0.25, 0.3) is 0 Å². The van der Waals surface area contributed by atoms with Crippen LogP contribution in [-0.4, -0.2) is 23.7 Å². The number of sulfone groups is 1. The number of hydrogen-bond donors (Lipinski definition) is 0. The fraction of sp³-hybridized carbons (Fsp3) is 0.267. The number of hydrogen-bond acceptors (Lipinski definition) is 5. The van der Waals surface area contributed by atoms with Crippen LogP contribution in [0.3, 0.4) is 0 Å². The molecule has 2 aromatic rings. The van der Waals surface area contributed by atoms with Crippen LogP contribution in [0.2, 0.25) is 0 Å². The molecule has 0 aliphatic heterocycles. The second-order valence-electron chi connectivity index (χ2n) is 5.18. The van der Waals surface area contributed by atoms with Gasteiger partial charge >= 0.3 is 5.69 Å². The average molecular weight is 336 g/mol. The summed E-state index contributed by atoms with van der Waals surface area (Å²) in [6.07, 6.45) is 2.83. The minimum Gasteiger partial charge on any atom is -0.348 e. The lowest BCUT2D eigenvalue weighted by atomic mass is 10.2. The Hall–Kier alpha value is -2.48. The maximum atomic E-state index is 12.2. The van der Waals surface area contributed by atoms with Crippen molar-refractivity contribution in [2.75, 3.05) is 5.75 Å². The fourth-order valence-electron chi connectivity index (χ4n) is 2.15. The summed E-state index contributed by atoms with van der Waals surface area (Å²) in [5, 5.41) is 10.7. The largest absolute Gasteiger partial charge is 0.348 e. The Kier molecular flexibility index (Phi) is 4.95. The first kappa shape index (κ1) is 16.9. The summed E-state index contributed by atoms with van der Waals surface area (Å²) in [6, 6.07) is 7.77. The summed E-state index contributed by atoms with van der Waals surface area (Å²) < 4.78 is 25.9. The Labute approximate surface area is 133 Å². The van der Waals surface area contributed by atoms with Crippen LogP contribution >= 0.6 is 0 Å². The van der Waals surface area contributed by atoms with Crippen LogP contribution in [0.1, 0.15) is 12.0 Å². The van der Waals surface area contributed by atoms with Crippen LogP contribution in [-0.2, 0) is 16.4 Å². The Balaban J connectivity index is 2.06. The molecule has 0 amide bonds. The Bertz CT molecular complexity index is 887. The van der Waals surface area contributed by atoms with Gasteiger partial charge in [0, 0.05) is 18.8 Å². The highest BCUT2D eigenvalue weighted by Crippen LogP contribution is 2.14. The quantitative estimate of drug-likeness (QED) is 0.593. The molecule has 0 unspecified atom stereocenters. The maximum absolute atomic E-state index is 12.2. The normalized spacial score (nSPS) is 11.3. The van der Waals surface area contributed by atoms with E-state index in [1.165, 1.54) is 10.8 Å². The van der Waals surface area contributed by atoms with Crippen molar-refractivity contribution in [3.05, 3.63) is 68.6 Å². The summed E-state index contributed by atoms with van der Waals surface area (Å²) >= 11 is 0. The zero-order valence-electron chi connectivity index (χ0n) is 12.5. The zero-order chi connectivity index (χ0) is 17.0. The van der Waals surface area contributed by atoms with E-state index in [-0.39, 0.29) is 23.6 Å². The molecule has 0 spiro atoms. The summed E-state index contributed by atoms with van der Waals surface area (Å²) in [5.41, 5.74) is -0.324. The fourth-order valence-corrected chi connectivity index (χ4v) is 3.55. The molecule has 2 rings (SSSR count). The first-order chi connectivity index (χ1) is 10.8. The minimum atomic E-state index is -3.40. The third kappa shape index (κ3) is 4.26. The molecule has 1 aromatic carbocycles. The summed E-state index contributed by atoms with van der Waals surface area (Å²) in [7, 11) is -3.40. The molecule has 1 heterocycles. The molecule has 7 nitrogen and oxygen atoms in total. The highest BCUT2D eigenvalue weighted by molar-refractivity contribution is 7.91. The van der Waals surface area contributed by atoms with Crippen LogP contribution < -0.4 is 5.43 Å². The van der Waals surface area contributed by atoms with E-state index < -0.39 is 25.9 Å². The number of pyridine rings is 1. The molecule has 0 bridgehead atoms. The van der Waals surface area contributed by atoms with Gasteiger partial charge in [0.25, 0.3) is 5.43 Å². The van der Waals surface area contributed by atoms with Crippen molar-refractivity contribution in [2.24, 2.45) is 0 Å². The van der Waals surface area contributed by atoms with Crippen molar-refractivity contribution >= 4 is 15.5 Å². The highest BCUT2D eigenvalue weighted by Gasteiger charge is 2.15. The van der Waals surface area contributed by atoms with Gasteiger partial charge in [-0.3, -0.25) is 14.9 Å². The number of aryl methyl sites for hydroxylation is 2. The first-order valence-corrected chi connectivity index (χ1v) is 8.59. The number of benzene rings is 1. The van der Waals surface area contributed by atoms with Crippen molar-refractivity contribution in [1.29, 1.82) is 0 Å². The molecule has 0 N–H and O–H groups in total. The van der Waals surface area contributed by atoms with E-state index in [1.807, 2.05) is 13.0 Å². The predicted molar refractivity (Wildman–Crippen MR) is 85.2 cm³/mol. The number of nitrogens with zero attached hydrogens (tertiary/aromatic N) is 2. The van der Waals surface area contributed by atoms with E-state index in [1.54, 1.807) is 18.2 Å². The molecule has 122 valence electrons. The molecule has 8 heteroatoms. The third-order valence-electron chi connectivity index (χ3n) is 3.33. The van der Waals surface area contributed by atoms with E-state index >= 15 is 0 Å². The molecule has 0 saturated heterocycles. The lowest BCUT2D eigenvalue weighted by Gasteiger charge is -2.07. The molecule has 1 aromatic heterocycles. The SMILES string of the molecule is Cc1cccc(S(=O)(=O)CCCn2ccc(=O)c([N+](=O)[O-])c2)c1. The predicted octanol–water partition coefficient (Wildman–Crippen LogP) is 1.93. The molecular weight excluding hydrogens is 320 g/mol. The molecule has 0 saturated carbocycles. The van der Waals surface area contributed by atoms with Gasteiger partial charge in [0.2, 0.25) is 0 Å². The van der Waals surface area contributed by atoms with Crippen molar-refractivity contribution in [3.8, 4) is 0 Å². The minimum absolute atomic E-state index is 0.0730. The van der Waals surface area contributed by atoms with Crippen LogP contribution in [0.4, 0.5) is 5.69 Å². The van der Waals surface area contributed by atoms with Crippen molar-refractivity contribution in [1.82, 2.24) is 4.57 Å². The summed E-state index contributed by atoms with van der Waals surface area (Å²) in [6.45, 7) is 2.09. The summed E-state index contributed by atoms with van der Waals surface area (Å²) in [5.74, 6) is -0.0730. The van der Waals surface area contributed by atoms with Gasteiger partial charge in [-0.05, 0) is 31.0 Å². The van der Waals surface area contributed by atoms with E-state index in [0.29, 0.717) is 0 Å². The maximum Gasteiger partial charge on any atom is 0.332 e. The second kappa shape index (κ2) is 6.74. The van der Waals surface area contributed by atoms with Gasteiger partial charge in [-0.1, -0.05) is 12.1 Å². The van der Waals surface area contributed by atoms with Gasteiger partial charge < -0.3 is 4.57 Å². The smallest absolute Gasteiger partial charge is 0.332 e. The molecule has 23 heavy (non-hydrogen) atoms. The Morgan fingerprint density at radius 3 is 2.65 bits per heavy atom. The molecular formula is C15H16N2O5S. The molecule has 0 radical (unpaired) electrons. The lowest BCUT2D eigenvalue weighted by molar-refractivity contribution is -0.386. The monoisotopic (exact) mass is 336 g/mol. The molecule has 0 fully saturated rings. The van der Waals surface area contributed by atoms with Crippen molar-refractivity contribution in [2.45, 2.75) is 24.8 Å². The van der Waals surface area contributed by atoms with Gasteiger partial charge in [-0.25, -0.2) is 8.42 Å². The lowest BCUT2D eigenvalue weighted by Crippen LogP contribution is -2.13. The second-order valence-corrected chi connectivity index (χ2v) is 7.29. The van der Waals surface area contributed by atoms with E-state index in [4.69, 9.17) is 0 Å². The van der Waals surface area contributed by atoms with Gasteiger partial charge in [0.15, 0.2) is 9.84 Å². The third-order valence-corrected chi connectivity index (χ3v) is 5.13. The van der Waals surface area contributed by atoms with E-state index in [2.05, 4.69) is 0 Å². The van der Waals surface area contributed by atoms with E-state index in [0.717, 1.165) is 17.8 Å². The zero-order valence-corrected chi connectivity index (χ0v) is 13.3. The standard InChI is InChI=1S/C15H16N2O5S/c1-12-4-2-5-13(10-12)23(21,22)9-3-7-16-8-6-15(18)14(11-16)17(19)20/h2,4-6,8,10-11H,3,7,9H2,1H3. The topological polar surface area (TPSA) is 99.3 Å². The van der Waals surface area contributed by atoms with Crippen LogP contribution in [0.15, 0.2) is 52.4 Å². The van der Waals surface area contributed by atoms with Crippen LogP contribution in [0.5, 0.6) is 0 Å². The van der Waals surface area contributed by atoms with Gasteiger partial charge in [0.1, 0.15) is 0 Å².